The van der Waals surface area contributed by atoms with Crippen LogP contribution in [0.15, 0.2) is 28.8 Å². The van der Waals surface area contributed by atoms with Gasteiger partial charge in [-0.2, -0.15) is 0 Å². The first-order valence-corrected chi connectivity index (χ1v) is 9.94. The molecule has 0 saturated carbocycles. The number of hydrogen-bond acceptors (Lipinski definition) is 2. The van der Waals surface area contributed by atoms with Gasteiger partial charge in [0, 0.05) is 23.6 Å². The highest BCUT2D eigenvalue weighted by Crippen LogP contribution is 2.43. The zero-order valence-electron chi connectivity index (χ0n) is 17.5. The molecule has 2 nitrogen and oxygen atoms in total. The molecule has 1 aliphatic rings. The second-order valence-electron chi connectivity index (χ2n) is 6.08. The van der Waals surface area contributed by atoms with Crippen molar-refractivity contribution < 1.29 is 4.29 Å². The first-order valence-electron chi connectivity index (χ1n) is 9.63. The Morgan fingerprint density at radius 1 is 1.20 bits per heavy atom. The van der Waals surface area contributed by atoms with Crippen LogP contribution in [0.3, 0.4) is 0 Å². The molecule has 1 heterocycles. The fourth-order valence-corrected chi connectivity index (χ4v) is 3.22. The molecule has 142 valence electrons. The van der Waals surface area contributed by atoms with E-state index < -0.39 is 0 Å². The summed E-state index contributed by atoms with van der Waals surface area (Å²) < 4.78 is 4.87. The lowest BCUT2D eigenvalue weighted by atomic mass is 9.78. The van der Waals surface area contributed by atoms with E-state index in [9.17, 15) is 0 Å². The van der Waals surface area contributed by atoms with Crippen LogP contribution in [0.5, 0.6) is 5.75 Å². The lowest BCUT2D eigenvalue weighted by Gasteiger charge is -2.30. The van der Waals surface area contributed by atoms with E-state index >= 15 is 0 Å². The Labute approximate surface area is 160 Å². The van der Waals surface area contributed by atoms with Crippen LogP contribution in [0.1, 0.15) is 85.3 Å². The van der Waals surface area contributed by atoms with E-state index in [2.05, 4.69) is 40.7 Å². The molecular weight excluding hydrogens is 330 g/mol. The normalized spacial score (nSPS) is 18.8. The van der Waals surface area contributed by atoms with Gasteiger partial charge in [-0.25, -0.2) is 0 Å². The van der Waals surface area contributed by atoms with Crippen LogP contribution in [0.4, 0.5) is 5.69 Å². The molecule has 0 amide bonds. The number of nitrogens with zero attached hydrogens (tertiary/aromatic N) is 1. The number of allylic oxidation sites excluding steroid dienone is 2. The molecule has 25 heavy (non-hydrogen) atoms. The zero-order chi connectivity index (χ0) is 19.6. The van der Waals surface area contributed by atoms with Gasteiger partial charge in [0.25, 0.3) is 0 Å². The molecule has 1 aromatic rings. The molecule has 0 aliphatic carbocycles. The van der Waals surface area contributed by atoms with Gasteiger partial charge in [0.1, 0.15) is 17.6 Å². The highest BCUT2D eigenvalue weighted by Gasteiger charge is 2.28. The Morgan fingerprint density at radius 3 is 2.32 bits per heavy atom. The average Bonchev–Trinajstić information content (AvgIpc) is 2.62. The standard InChI is InChI=1S/C18H24ClNO.2C2H6/c1-6-7-11(2)8-16-13(4)14(5)20-17-10-15(21-19)9-12(3)18(16)17;2*1-2/h8-10,13,16H,6-7H2,1-5H3;2*1-2H3/b11-8-;;/t13-,16?;;/m0../s1. The Morgan fingerprint density at radius 2 is 1.80 bits per heavy atom. The van der Waals surface area contributed by atoms with Crippen molar-refractivity contribution in [3.05, 3.63) is 34.9 Å². The molecule has 3 heteroatoms. The van der Waals surface area contributed by atoms with Gasteiger partial charge in [-0.05, 0) is 44.4 Å². The van der Waals surface area contributed by atoms with E-state index in [4.69, 9.17) is 21.1 Å². The van der Waals surface area contributed by atoms with Crippen molar-refractivity contribution in [3.8, 4) is 5.75 Å². The maximum absolute atomic E-state index is 5.51. The Hall–Kier alpha value is -1.28. The second-order valence-corrected chi connectivity index (χ2v) is 6.24. The number of aryl methyl sites for hydroxylation is 1. The number of rotatable bonds is 4. The summed E-state index contributed by atoms with van der Waals surface area (Å²) in [5, 5.41) is 0. The number of aliphatic imine (C=N–C) groups is 1. The van der Waals surface area contributed by atoms with Crippen LogP contribution >= 0.6 is 11.9 Å². The summed E-state index contributed by atoms with van der Waals surface area (Å²) in [7, 11) is 0. The van der Waals surface area contributed by atoms with E-state index in [1.54, 1.807) is 0 Å². The number of fused-ring (bicyclic) bond motifs is 1. The SMILES string of the molecule is CC.CC.CCC/C(C)=C\C1c2c(C)cc(OCl)cc2N=C(C)[C@@H]1C. The summed E-state index contributed by atoms with van der Waals surface area (Å²) in [6.45, 7) is 18.9. The number of halogens is 1. The van der Waals surface area contributed by atoms with Crippen LogP contribution in [0.25, 0.3) is 0 Å². The maximum Gasteiger partial charge on any atom is 0.148 e. The predicted octanol–water partition coefficient (Wildman–Crippen LogP) is 8.15. The molecule has 2 rings (SSSR count). The lowest BCUT2D eigenvalue weighted by Crippen LogP contribution is -2.21. The smallest absolute Gasteiger partial charge is 0.148 e. The minimum atomic E-state index is 0.383. The first-order chi connectivity index (χ1) is 12.0. The van der Waals surface area contributed by atoms with Crippen molar-refractivity contribution >= 4 is 23.3 Å². The van der Waals surface area contributed by atoms with Crippen LogP contribution < -0.4 is 4.29 Å². The van der Waals surface area contributed by atoms with Crippen LogP contribution in [0.2, 0.25) is 0 Å². The van der Waals surface area contributed by atoms with Crippen LogP contribution in [-0.2, 0) is 0 Å². The van der Waals surface area contributed by atoms with E-state index in [0.717, 1.165) is 12.1 Å². The van der Waals surface area contributed by atoms with E-state index in [1.807, 2.05) is 39.8 Å². The minimum Gasteiger partial charge on any atom is -0.386 e. The zero-order valence-corrected chi connectivity index (χ0v) is 18.3. The van der Waals surface area contributed by atoms with Gasteiger partial charge in [0.2, 0.25) is 0 Å². The number of benzene rings is 1. The molecule has 0 spiro atoms. The van der Waals surface area contributed by atoms with Gasteiger partial charge in [0.05, 0.1) is 5.69 Å². The Balaban J connectivity index is 0.00000134. The van der Waals surface area contributed by atoms with Crippen molar-refractivity contribution in [2.24, 2.45) is 10.9 Å². The molecule has 0 radical (unpaired) electrons. The molecule has 1 aromatic carbocycles. The van der Waals surface area contributed by atoms with Gasteiger partial charge >= 0.3 is 0 Å². The first kappa shape index (κ1) is 23.7. The third-order valence-electron chi connectivity index (χ3n) is 4.36. The molecule has 0 bridgehead atoms. The van der Waals surface area contributed by atoms with Gasteiger partial charge in [-0.3, -0.25) is 4.99 Å². The molecule has 0 N–H and O–H groups in total. The highest BCUT2D eigenvalue weighted by atomic mass is 35.5. The summed E-state index contributed by atoms with van der Waals surface area (Å²) in [5.74, 6) is 1.46. The maximum atomic E-state index is 5.51. The molecular formula is C22H36ClNO. The van der Waals surface area contributed by atoms with Gasteiger partial charge in [-0.15, -0.1) is 0 Å². The van der Waals surface area contributed by atoms with Crippen LogP contribution in [0, 0.1) is 12.8 Å². The summed E-state index contributed by atoms with van der Waals surface area (Å²) in [4.78, 5) is 4.75. The van der Waals surface area contributed by atoms with Crippen LogP contribution in [-0.4, -0.2) is 5.71 Å². The minimum absolute atomic E-state index is 0.383. The molecule has 0 fully saturated rings. The lowest BCUT2D eigenvalue weighted by molar-refractivity contribution is 0.612. The summed E-state index contributed by atoms with van der Waals surface area (Å²) in [6, 6.07) is 3.92. The molecule has 1 unspecified atom stereocenters. The quantitative estimate of drug-likeness (QED) is 0.493. The summed E-state index contributed by atoms with van der Waals surface area (Å²) in [5.41, 5.74) is 6.11. The molecule has 1 aliphatic heterocycles. The topological polar surface area (TPSA) is 21.6 Å². The number of hydrogen-bond donors (Lipinski definition) is 0. The fourth-order valence-electron chi connectivity index (χ4n) is 3.13. The van der Waals surface area contributed by atoms with Gasteiger partial charge < -0.3 is 4.29 Å². The average molecular weight is 366 g/mol. The van der Waals surface area contributed by atoms with Crippen molar-refractivity contribution in [1.82, 2.24) is 0 Å². The Bertz CT molecular complexity index is 590. The Kier molecular flexibility index (Phi) is 11.5. The van der Waals surface area contributed by atoms with Crippen molar-refractivity contribution in [1.29, 1.82) is 0 Å². The largest absolute Gasteiger partial charge is 0.386 e. The second kappa shape index (κ2) is 12.1. The van der Waals surface area contributed by atoms with E-state index in [1.165, 1.54) is 28.8 Å². The van der Waals surface area contributed by atoms with Gasteiger partial charge in [0.15, 0.2) is 0 Å². The summed E-state index contributed by atoms with van der Waals surface area (Å²) >= 11 is 5.51. The third-order valence-corrected chi connectivity index (χ3v) is 4.54. The molecule has 0 aromatic heterocycles. The molecule has 0 saturated heterocycles. The predicted molar refractivity (Wildman–Crippen MR) is 114 cm³/mol. The third kappa shape index (κ3) is 6.18. The van der Waals surface area contributed by atoms with E-state index in [-0.39, 0.29) is 0 Å². The van der Waals surface area contributed by atoms with Crippen molar-refractivity contribution in [2.45, 2.75) is 81.1 Å². The van der Waals surface area contributed by atoms with E-state index in [0.29, 0.717) is 17.6 Å². The molecule has 2 atom stereocenters. The van der Waals surface area contributed by atoms with Crippen molar-refractivity contribution in [3.63, 3.8) is 0 Å². The van der Waals surface area contributed by atoms with Gasteiger partial charge in [-0.1, -0.05) is 59.6 Å². The highest BCUT2D eigenvalue weighted by molar-refractivity contribution is 6.09. The van der Waals surface area contributed by atoms with Crippen molar-refractivity contribution in [2.75, 3.05) is 0 Å². The fraction of sp³-hybridized carbons (Fsp3) is 0.591. The monoisotopic (exact) mass is 365 g/mol. The summed E-state index contributed by atoms with van der Waals surface area (Å²) in [6.07, 6.45) is 4.75.